The Hall–Kier alpha value is -3.03. The third kappa shape index (κ3) is 6.27. The van der Waals surface area contributed by atoms with Crippen LogP contribution >= 0.6 is 0 Å². The van der Waals surface area contributed by atoms with E-state index >= 15 is 0 Å². The smallest absolute Gasteiger partial charge is 0.338 e. The van der Waals surface area contributed by atoms with Crippen molar-refractivity contribution in [3.05, 3.63) is 107 Å². The van der Waals surface area contributed by atoms with Crippen LogP contribution in [0.3, 0.4) is 0 Å². The summed E-state index contributed by atoms with van der Waals surface area (Å²) in [6, 6.07) is 26.5. The van der Waals surface area contributed by atoms with Crippen LogP contribution in [-0.4, -0.2) is 42.3 Å². The molecule has 1 aliphatic heterocycles. The highest BCUT2D eigenvalue weighted by molar-refractivity contribution is 5.89. The van der Waals surface area contributed by atoms with Crippen LogP contribution in [0.15, 0.2) is 84.9 Å². The Bertz CT molecular complexity index is 1010. The van der Waals surface area contributed by atoms with Gasteiger partial charge in [-0.3, -0.25) is 0 Å². The molecule has 0 aliphatic carbocycles. The zero-order valence-electron chi connectivity index (χ0n) is 18.5. The Morgan fingerprint density at radius 3 is 2.09 bits per heavy atom. The van der Waals surface area contributed by atoms with E-state index in [9.17, 15) is 9.90 Å². The Morgan fingerprint density at radius 1 is 0.848 bits per heavy atom. The zero-order chi connectivity index (χ0) is 23.0. The molecule has 0 bridgehead atoms. The van der Waals surface area contributed by atoms with Gasteiger partial charge in [-0.2, -0.15) is 0 Å². The number of benzene rings is 3. The van der Waals surface area contributed by atoms with Gasteiger partial charge in [-0.25, -0.2) is 4.79 Å². The van der Waals surface area contributed by atoms with Crippen molar-refractivity contribution in [3.63, 3.8) is 0 Å². The first-order chi connectivity index (χ1) is 16.1. The van der Waals surface area contributed by atoms with Crippen LogP contribution in [0, 0.1) is 6.92 Å². The molecule has 0 unspecified atom stereocenters. The van der Waals surface area contributed by atoms with Crippen molar-refractivity contribution < 1.29 is 28.8 Å². The Kier molecular flexibility index (Phi) is 7.86. The second kappa shape index (κ2) is 11.2. The van der Waals surface area contributed by atoms with Gasteiger partial charge in [0.05, 0.1) is 25.4 Å². The van der Waals surface area contributed by atoms with Crippen molar-refractivity contribution in [2.45, 2.75) is 44.7 Å². The molecule has 0 saturated carbocycles. The molecule has 172 valence electrons. The van der Waals surface area contributed by atoms with Crippen molar-refractivity contribution >= 4 is 5.97 Å². The van der Waals surface area contributed by atoms with E-state index in [0.29, 0.717) is 12.2 Å². The lowest BCUT2D eigenvalue weighted by Gasteiger charge is -2.23. The van der Waals surface area contributed by atoms with Gasteiger partial charge < -0.3 is 24.1 Å². The lowest BCUT2D eigenvalue weighted by atomic mass is 10.1. The van der Waals surface area contributed by atoms with Gasteiger partial charge in [-0.15, -0.1) is 0 Å². The molecular formula is C27H28O6. The molecular weight excluding hydrogens is 420 g/mol. The molecule has 33 heavy (non-hydrogen) atoms. The number of aryl methyl sites for hydroxylation is 1. The predicted molar refractivity (Wildman–Crippen MR) is 122 cm³/mol. The molecule has 0 radical (unpaired) electrons. The maximum atomic E-state index is 12.7. The maximum absolute atomic E-state index is 12.7. The third-order valence-corrected chi connectivity index (χ3v) is 5.49. The average Bonchev–Trinajstić information content (AvgIpc) is 3.13. The molecule has 0 spiro atoms. The van der Waals surface area contributed by atoms with Gasteiger partial charge in [0.1, 0.15) is 12.2 Å². The topological polar surface area (TPSA) is 74.2 Å². The average molecular weight is 449 g/mol. The highest BCUT2D eigenvalue weighted by atomic mass is 16.7. The summed E-state index contributed by atoms with van der Waals surface area (Å²) in [5.41, 5.74) is 3.43. The van der Waals surface area contributed by atoms with E-state index in [2.05, 4.69) is 0 Å². The zero-order valence-corrected chi connectivity index (χ0v) is 18.5. The van der Waals surface area contributed by atoms with Gasteiger partial charge in [0.25, 0.3) is 0 Å². The Balaban J connectivity index is 1.44. The minimum Gasteiger partial charge on any atom is -0.450 e. The van der Waals surface area contributed by atoms with Gasteiger partial charge in [0, 0.05) is 0 Å². The molecule has 6 nitrogen and oxygen atoms in total. The molecule has 1 aliphatic rings. The molecule has 4 atom stereocenters. The summed E-state index contributed by atoms with van der Waals surface area (Å²) in [6.45, 7) is 2.81. The lowest BCUT2D eigenvalue weighted by molar-refractivity contribution is -0.139. The first-order valence-electron chi connectivity index (χ1n) is 11.0. The van der Waals surface area contributed by atoms with E-state index in [0.717, 1.165) is 16.7 Å². The normalized spacial score (nSPS) is 22.2. The number of ether oxygens (including phenoxy) is 4. The van der Waals surface area contributed by atoms with Crippen LogP contribution in [0.5, 0.6) is 0 Å². The summed E-state index contributed by atoms with van der Waals surface area (Å²) >= 11 is 0. The highest BCUT2D eigenvalue weighted by Crippen LogP contribution is 2.28. The molecule has 3 aromatic carbocycles. The number of carbonyl (C=O) groups is 1. The Morgan fingerprint density at radius 2 is 1.45 bits per heavy atom. The second-order valence-corrected chi connectivity index (χ2v) is 8.06. The van der Waals surface area contributed by atoms with Crippen LogP contribution in [0.2, 0.25) is 0 Å². The molecule has 1 fully saturated rings. The standard InChI is InChI=1S/C27H28O6/c1-19-12-14-22(15-13-19)26(28)33-25-24(31-17-21-10-6-3-7-11-21)23(32-27(25)29)18-30-16-20-8-4-2-5-9-20/h2-15,23-25,27,29H,16-18H2,1H3/t23-,24-,25-,27+/m1/s1. The number of rotatable bonds is 9. The number of hydrogen-bond acceptors (Lipinski definition) is 6. The van der Waals surface area contributed by atoms with Crippen LogP contribution < -0.4 is 0 Å². The first kappa shape index (κ1) is 23.1. The molecule has 1 N–H and O–H groups in total. The molecule has 3 aromatic rings. The van der Waals surface area contributed by atoms with Crippen molar-refractivity contribution in [2.24, 2.45) is 0 Å². The highest BCUT2D eigenvalue weighted by Gasteiger charge is 2.47. The lowest BCUT2D eigenvalue weighted by Crippen LogP contribution is -2.40. The van der Waals surface area contributed by atoms with Gasteiger partial charge in [-0.05, 0) is 30.2 Å². The summed E-state index contributed by atoms with van der Waals surface area (Å²) in [4.78, 5) is 12.7. The number of aliphatic hydroxyl groups is 1. The quantitative estimate of drug-likeness (QED) is 0.498. The monoisotopic (exact) mass is 448 g/mol. The van der Waals surface area contributed by atoms with Crippen molar-refractivity contribution in [1.29, 1.82) is 0 Å². The van der Waals surface area contributed by atoms with Crippen molar-refractivity contribution in [3.8, 4) is 0 Å². The molecule has 0 amide bonds. The van der Waals surface area contributed by atoms with E-state index in [1.165, 1.54) is 0 Å². The van der Waals surface area contributed by atoms with Gasteiger partial charge in [0.15, 0.2) is 12.4 Å². The van der Waals surface area contributed by atoms with E-state index < -0.39 is 30.6 Å². The van der Waals surface area contributed by atoms with E-state index in [1.807, 2.05) is 79.7 Å². The molecule has 1 saturated heterocycles. The third-order valence-electron chi connectivity index (χ3n) is 5.49. The summed E-state index contributed by atoms with van der Waals surface area (Å²) in [6.07, 6.45) is -3.58. The van der Waals surface area contributed by atoms with Crippen molar-refractivity contribution in [1.82, 2.24) is 0 Å². The predicted octanol–water partition coefficient (Wildman–Crippen LogP) is 4.04. The van der Waals surface area contributed by atoms with E-state index in [1.54, 1.807) is 12.1 Å². The van der Waals surface area contributed by atoms with Crippen LogP contribution in [0.1, 0.15) is 27.0 Å². The molecule has 1 heterocycles. The van der Waals surface area contributed by atoms with E-state index in [-0.39, 0.29) is 13.2 Å². The van der Waals surface area contributed by atoms with Gasteiger partial charge in [-0.1, -0.05) is 78.4 Å². The largest absolute Gasteiger partial charge is 0.450 e. The number of hydrogen-bond donors (Lipinski definition) is 1. The fourth-order valence-corrected chi connectivity index (χ4v) is 3.68. The fraction of sp³-hybridized carbons (Fsp3) is 0.296. The van der Waals surface area contributed by atoms with Gasteiger partial charge in [0.2, 0.25) is 0 Å². The molecule has 0 aromatic heterocycles. The van der Waals surface area contributed by atoms with Crippen molar-refractivity contribution in [2.75, 3.05) is 6.61 Å². The minimum absolute atomic E-state index is 0.185. The number of aliphatic hydroxyl groups excluding tert-OH is 1. The van der Waals surface area contributed by atoms with E-state index in [4.69, 9.17) is 18.9 Å². The van der Waals surface area contributed by atoms with Crippen LogP contribution in [0.25, 0.3) is 0 Å². The minimum atomic E-state index is -1.31. The maximum Gasteiger partial charge on any atom is 0.338 e. The molecule has 6 heteroatoms. The summed E-state index contributed by atoms with van der Waals surface area (Å²) in [5, 5.41) is 10.5. The Labute approximate surface area is 193 Å². The van der Waals surface area contributed by atoms with Crippen LogP contribution in [0.4, 0.5) is 0 Å². The summed E-state index contributed by atoms with van der Waals surface area (Å²) in [7, 11) is 0. The second-order valence-electron chi connectivity index (χ2n) is 8.06. The first-order valence-corrected chi connectivity index (χ1v) is 11.0. The number of esters is 1. The SMILES string of the molecule is Cc1ccc(C(=O)O[C@@H]2[C@H](OCc3ccccc3)[C@@H](COCc3ccccc3)O[C@@H]2O)cc1. The fourth-order valence-electron chi connectivity index (χ4n) is 3.68. The molecule has 4 rings (SSSR count). The summed E-state index contributed by atoms with van der Waals surface area (Å²) in [5.74, 6) is -0.540. The summed E-state index contributed by atoms with van der Waals surface area (Å²) < 4.78 is 23.3. The van der Waals surface area contributed by atoms with Crippen LogP contribution in [-0.2, 0) is 32.2 Å². The van der Waals surface area contributed by atoms with Gasteiger partial charge >= 0.3 is 5.97 Å². The number of carbonyl (C=O) groups excluding carboxylic acids is 1.